The van der Waals surface area contributed by atoms with E-state index in [1.54, 1.807) is 0 Å². The van der Waals surface area contributed by atoms with Crippen molar-refractivity contribution in [3.05, 3.63) is 0 Å². The number of hydrogen-bond acceptors (Lipinski definition) is 4. The van der Waals surface area contributed by atoms with Crippen LogP contribution in [0.1, 0.15) is 143 Å². The molecular formula is C38H64O4. The van der Waals surface area contributed by atoms with Crippen LogP contribution in [-0.2, 0) is 0 Å². The van der Waals surface area contributed by atoms with Gasteiger partial charge < -0.3 is 20.4 Å². The molecule has 8 fully saturated rings. The maximum atomic E-state index is 10.5. The first-order chi connectivity index (χ1) is 19.9. The zero-order valence-corrected chi connectivity index (χ0v) is 27.4. The maximum Gasteiger partial charge on any atom is 0.0596 e. The van der Waals surface area contributed by atoms with E-state index in [9.17, 15) is 20.4 Å². The summed E-state index contributed by atoms with van der Waals surface area (Å²) in [4.78, 5) is 0. The van der Waals surface area contributed by atoms with Gasteiger partial charge in [-0.05, 0) is 185 Å². The van der Waals surface area contributed by atoms with Gasteiger partial charge in [0.15, 0.2) is 0 Å². The number of hydrogen-bond donors (Lipinski definition) is 4. The molecule has 4 heteroatoms. The lowest BCUT2D eigenvalue weighted by Crippen LogP contribution is -2.54. The molecule has 0 unspecified atom stereocenters. The predicted molar refractivity (Wildman–Crippen MR) is 167 cm³/mol. The summed E-state index contributed by atoms with van der Waals surface area (Å²) in [5.41, 5.74) is 1.35. The van der Waals surface area contributed by atoms with Crippen LogP contribution in [0.4, 0.5) is 0 Å². The predicted octanol–water partition coefficient (Wildman–Crippen LogP) is 7.50. The van der Waals surface area contributed by atoms with Gasteiger partial charge in [-0.15, -0.1) is 0 Å². The van der Waals surface area contributed by atoms with E-state index in [1.165, 1.54) is 77.0 Å². The van der Waals surface area contributed by atoms with Gasteiger partial charge >= 0.3 is 0 Å². The molecule has 0 radical (unpaired) electrons. The molecule has 8 rings (SSSR count). The van der Waals surface area contributed by atoms with Gasteiger partial charge in [-0.1, -0.05) is 27.7 Å². The average molecular weight is 585 g/mol. The third-order valence-corrected chi connectivity index (χ3v) is 17.2. The molecule has 8 aliphatic carbocycles. The molecule has 8 saturated carbocycles. The summed E-state index contributed by atoms with van der Waals surface area (Å²) < 4.78 is 0. The van der Waals surface area contributed by atoms with Crippen molar-refractivity contribution in [1.82, 2.24) is 0 Å². The Hall–Kier alpha value is -0.160. The standard InChI is InChI=1S/2C19H32O2/c2*1-18-9-7-13(20)11-12(18)3-4-14-15-5-6-17(21)19(15,2)10-8-16(14)18/h2*12-17,20-21H,3-11H2,1-2H3/t2*12-,13+,14-,15-,16-,17-,18-,19-/m00/s1. The zero-order chi connectivity index (χ0) is 29.7. The zero-order valence-electron chi connectivity index (χ0n) is 27.4. The van der Waals surface area contributed by atoms with Gasteiger partial charge in [0.2, 0.25) is 0 Å². The Morgan fingerprint density at radius 2 is 0.738 bits per heavy atom. The quantitative estimate of drug-likeness (QED) is 0.238. The van der Waals surface area contributed by atoms with Crippen molar-refractivity contribution in [2.45, 2.75) is 168 Å². The highest BCUT2D eigenvalue weighted by Gasteiger charge is 2.61. The molecule has 4 N–H and O–H groups in total. The summed E-state index contributed by atoms with van der Waals surface area (Å²) in [6.07, 6.45) is 21.4. The molecule has 0 amide bonds. The van der Waals surface area contributed by atoms with E-state index in [1.807, 2.05) is 0 Å². The molecule has 4 nitrogen and oxygen atoms in total. The SMILES string of the molecule is C[C@]12CC[C@@H](O)C[C@@H]1CC[C@@H]1[C@@H]2CC[C@]2(C)[C@@H](O)CC[C@@H]12.C[C@]12CC[C@@H](O)C[C@@H]1CC[C@@H]1[C@@H]2CC[C@]2(C)[C@@H](O)CC[C@@H]12. The van der Waals surface area contributed by atoms with E-state index in [-0.39, 0.29) is 35.2 Å². The van der Waals surface area contributed by atoms with Gasteiger partial charge in [-0.25, -0.2) is 0 Å². The van der Waals surface area contributed by atoms with Crippen molar-refractivity contribution in [1.29, 1.82) is 0 Å². The number of aliphatic hydroxyl groups is 4. The van der Waals surface area contributed by atoms with Crippen LogP contribution in [0.5, 0.6) is 0 Å². The minimum Gasteiger partial charge on any atom is -0.393 e. The third-order valence-electron chi connectivity index (χ3n) is 17.2. The fourth-order valence-electron chi connectivity index (χ4n) is 14.4. The second-order valence-electron chi connectivity index (χ2n) is 18.4. The molecule has 0 aliphatic heterocycles. The molecule has 0 aromatic heterocycles. The lowest BCUT2D eigenvalue weighted by Gasteiger charge is -2.60. The summed E-state index contributed by atoms with van der Waals surface area (Å²) in [5, 5.41) is 41.0. The molecule has 0 saturated heterocycles. The third kappa shape index (κ3) is 4.48. The highest BCUT2D eigenvalue weighted by molar-refractivity contribution is 5.11. The molecule has 240 valence electrons. The molecule has 42 heavy (non-hydrogen) atoms. The van der Waals surface area contributed by atoms with Gasteiger partial charge in [0.05, 0.1) is 24.4 Å². The number of fused-ring (bicyclic) bond motifs is 10. The van der Waals surface area contributed by atoms with E-state index in [2.05, 4.69) is 27.7 Å². The van der Waals surface area contributed by atoms with E-state index in [0.29, 0.717) is 10.8 Å². The summed E-state index contributed by atoms with van der Waals surface area (Å²) in [6.45, 7) is 9.80. The van der Waals surface area contributed by atoms with Crippen LogP contribution in [0.25, 0.3) is 0 Å². The Morgan fingerprint density at radius 3 is 1.14 bits per heavy atom. The largest absolute Gasteiger partial charge is 0.393 e. The lowest BCUT2D eigenvalue weighted by atomic mass is 9.45. The van der Waals surface area contributed by atoms with Crippen LogP contribution in [-0.4, -0.2) is 44.8 Å². The van der Waals surface area contributed by atoms with Gasteiger partial charge in [-0.3, -0.25) is 0 Å². The lowest BCUT2D eigenvalue weighted by molar-refractivity contribution is -0.133. The molecule has 8 aliphatic rings. The van der Waals surface area contributed by atoms with Crippen molar-refractivity contribution in [2.24, 2.45) is 69.0 Å². The van der Waals surface area contributed by atoms with E-state index in [4.69, 9.17) is 0 Å². The van der Waals surface area contributed by atoms with Gasteiger partial charge in [0, 0.05) is 0 Å². The van der Waals surface area contributed by atoms with Crippen LogP contribution in [0, 0.1) is 69.0 Å². The second kappa shape index (κ2) is 10.7. The smallest absolute Gasteiger partial charge is 0.0596 e. The Kier molecular flexibility index (Phi) is 7.77. The second-order valence-corrected chi connectivity index (χ2v) is 18.4. The van der Waals surface area contributed by atoms with Crippen molar-refractivity contribution in [3.63, 3.8) is 0 Å². The normalized spacial score (nSPS) is 60.0. The minimum atomic E-state index is -0.0536. The molecular weight excluding hydrogens is 520 g/mol. The van der Waals surface area contributed by atoms with Gasteiger partial charge in [0.1, 0.15) is 0 Å². The van der Waals surface area contributed by atoms with E-state index >= 15 is 0 Å². The number of rotatable bonds is 0. The summed E-state index contributed by atoms with van der Waals surface area (Å²) in [7, 11) is 0. The van der Waals surface area contributed by atoms with Crippen LogP contribution >= 0.6 is 0 Å². The maximum absolute atomic E-state index is 10.5. The molecule has 0 bridgehead atoms. The summed E-state index contributed by atoms with van der Waals surface area (Å²) in [5.74, 6) is 6.41. The average Bonchev–Trinajstić information content (AvgIpc) is 3.44. The fourth-order valence-corrected chi connectivity index (χ4v) is 14.4. The molecule has 0 heterocycles. The number of aliphatic hydroxyl groups excluding tert-OH is 4. The monoisotopic (exact) mass is 584 g/mol. The van der Waals surface area contributed by atoms with Crippen LogP contribution < -0.4 is 0 Å². The Morgan fingerprint density at radius 1 is 0.381 bits per heavy atom. The van der Waals surface area contributed by atoms with Crippen LogP contribution in [0.15, 0.2) is 0 Å². The minimum absolute atomic E-state index is 0.0400. The van der Waals surface area contributed by atoms with Crippen LogP contribution in [0.2, 0.25) is 0 Å². The van der Waals surface area contributed by atoms with Crippen LogP contribution in [0.3, 0.4) is 0 Å². The van der Waals surface area contributed by atoms with E-state index < -0.39 is 0 Å². The van der Waals surface area contributed by atoms with Gasteiger partial charge in [-0.2, -0.15) is 0 Å². The summed E-state index contributed by atoms with van der Waals surface area (Å²) in [6, 6.07) is 0. The highest BCUT2D eigenvalue weighted by Crippen LogP contribution is 2.67. The topological polar surface area (TPSA) is 80.9 Å². The molecule has 0 spiro atoms. The van der Waals surface area contributed by atoms with E-state index in [0.717, 1.165) is 85.9 Å². The highest BCUT2D eigenvalue weighted by atomic mass is 16.3. The first-order valence-electron chi connectivity index (χ1n) is 18.6. The van der Waals surface area contributed by atoms with Crippen molar-refractivity contribution >= 4 is 0 Å². The van der Waals surface area contributed by atoms with Crippen molar-refractivity contribution in [3.8, 4) is 0 Å². The summed E-state index contributed by atoms with van der Waals surface area (Å²) >= 11 is 0. The molecule has 0 aromatic rings. The first kappa shape index (κ1) is 30.5. The molecule has 16 atom stereocenters. The van der Waals surface area contributed by atoms with Crippen molar-refractivity contribution < 1.29 is 20.4 Å². The van der Waals surface area contributed by atoms with Crippen molar-refractivity contribution in [2.75, 3.05) is 0 Å². The molecule has 0 aromatic carbocycles. The Bertz CT molecular complexity index is 922. The van der Waals surface area contributed by atoms with Gasteiger partial charge in [0.25, 0.3) is 0 Å². The Labute approximate surface area is 256 Å². The Balaban J connectivity index is 0.000000137. The first-order valence-corrected chi connectivity index (χ1v) is 18.6. The fraction of sp³-hybridized carbons (Fsp3) is 1.00.